The van der Waals surface area contributed by atoms with Crippen molar-refractivity contribution in [3.63, 3.8) is 0 Å². The van der Waals surface area contributed by atoms with Crippen LogP contribution in [-0.2, 0) is 4.79 Å². The lowest BCUT2D eigenvalue weighted by Gasteiger charge is -2.35. The van der Waals surface area contributed by atoms with E-state index in [9.17, 15) is 4.79 Å². The van der Waals surface area contributed by atoms with E-state index in [1.165, 1.54) is 25.8 Å². The Morgan fingerprint density at radius 2 is 1.92 bits per heavy atom. The summed E-state index contributed by atoms with van der Waals surface area (Å²) in [4.78, 5) is 26.2. The van der Waals surface area contributed by atoms with Gasteiger partial charge in [0.05, 0.1) is 5.92 Å². The van der Waals surface area contributed by atoms with Crippen LogP contribution >= 0.6 is 0 Å². The van der Waals surface area contributed by atoms with E-state index in [0.717, 1.165) is 44.8 Å². The number of carbonyl (C=O) groups excluding carboxylic acids is 1. The number of hydrogen-bond acceptors (Lipinski definition) is 5. The fourth-order valence-electron chi connectivity index (χ4n) is 4.54. The molecule has 3 saturated heterocycles. The number of carbonyl (C=O) groups is 1. The monoisotopic (exact) mass is 329 g/mol. The molecule has 0 spiro atoms. The van der Waals surface area contributed by atoms with Crippen LogP contribution in [0.1, 0.15) is 38.5 Å². The van der Waals surface area contributed by atoms with E-state index < -0.39 is 0 Å². The Morgan fingerprint density at radius 3 is 2.79 bits per heavy atom. The molecule has 1 aromatic heterocycles. The van der Waals surface area contributed by atoms with E-state index in [2.05, 4.69) is 25.1 Å². The normalized spacial score (nSPS) is 30.8. The molecule has 4 rings (SSSR count). The summed E-state index contributed by atoms with van der Waals surface area (Å²) in [5.41, 5.74) is 0. The molecule has 0 bridgehead atoms. The second-order valence-electron chi connectivity index (χ2n) is 7.34. The van der Waals surface area contributed by atoms with Crippen molar-refractivity contribution >= 4 is 11.9 Å². The number of amides is 1. The van der Waals surface area contributed by atoms with Crippen LogP contribution in [0.15, 0.2) is 18.5 Å². The summed E-state index contributed by atoms with van der Waals surface area (Å²) in [5.74, 6) is 1.03. The first-order valence-corrected chi connectivity index (χ1v) is 9.37. The van der Waals surface area contributed by atoms with E-state index in [0.29, 0.717) is 12.1 Å². The third-order valence-corrected chi connectivity index (χ3v) is 5.81. The van der Waals surface area contributed by atoms with Gasteiger partial charge in [0, 0.05) is 44.1 Å². The van der Waals surface area contributed by atoms with Gasteiger partial charge in [0.1, 0.15) is 0 Å². The Balaban J connectivity index is 1.36. The summed E-state index contributed by atoms with van der Waals surface area (Å²) in [6.07, 6.45) is 10.5. The lowest BCUT2D eigenvalue weighted by Crippen LogP contribution is -2.50. The summed E-state index contributed by atoms with van der Waals surface area (Å²) < 4.78 is 0. The van der Waals surface area contributed by atoms with Gasteiger partial charge < -0.3 is 10.2 Å². The Labute approximate surface area is 143 Å². The van der Waals surface area contributed by atoms with E-state index in [1.807, 2.05) is 6.07 Å². The third kappa shape index (κ3) is 3.24. The molecule has 1 amide bonds. The zero-order valence-electron chi connectivity index (χ0n) is 14.2. The molecule has 0 radical (unpaired) electrons. The number of hydrogen-bond donors (Lipinski definition) is 1. The number of aromatic nitrogens is 2. The fraction of sp³-hybridized carbons (Fsp3) is 0.722. The standard InChI is InChI=1S/C18H27N5O/c24-17(21-15-7-12-22-10-2-1-6-16(15)22)14-5-3-11-23(13-14)18-19-8-4-9-20-18/h4,8-9,14-16H,1-3,5-7,10-13H2,(H,21,24)/t14-,15+,16+/m0/s1. The smallest absolute Gasteiger partial charge is 0.225 e. The van der Waals surface area contributed by atoms with Gasteiger partial charge in [-0.2, -0.15) is 0 Å². The predicted molar refractivity (Wildman–Crippen MR) is 92.7 cm³/mol. The Kier molecular flexibility index (Phi) is 4.65. The molecule has 1 N–H and O–H groups in total. The van der Waals surface area contributed by atoms with Gasteiger partial charge in [0.25, 0.3) is 0 Å². The van der Waals surface area contributed by atoms with Crippen LogP contribution < -0.4 is 10.2 Å². The van der Waals surface area contributed by atoms with Crippen molar-refractivity contribution in [1.29, 1.82) is 0 Å². The van der Waals surface area contributed by atoms with Crippen LogP contribution in [0.2, 0.25) is 0 Å². The van der Waals surface area contributed by atoms with Crippen molar-refractivity contribution in [3.8, 4) is 0 Å². The molecule has 3 aliphatic rings. The van der Waals surface area contributed by atoms with Gasteiger partial charge in [-0.05, 0) is 44.7 Å². The first kappa shape index (κ1) is 15.8. The molecule has 3 aliphatic heterocycles. The van der Waals surface area contributed by atoms with Crippen molar-refractivity contribution in [2.45, 2.75) is 50.6 Å². The topological polar surface area (TPSA) is 61.4 Å². The number of rotatable bonds is 3. The second kappa shape index (κ2) is 7.05. The van der Waals surface area contributed by atoms with Crippen molar-refractivity contribution in [3.05, 3.63) is 18.5 Å². The molecule has 0 unspecified atom stereocenters. The Morgan fingerprint density at radius 1 is 1.04 bits per heavy atom. The molecule has 3 atom stereocenters. The Bertz CT molecular complexity index is 566. The molecule has 1 aromatic rings. The number of nitrogens with one attached hydrogen (secondary N) is 1. The van der Waals surface area contributed by atoms with E-state index in [1.54, 1.807) is 12.4 Å². The number of anilines is 1. The SMILES string of the molecule is O=C(N[C@@H]1CCN2CCCC[C@H]12)[C@H]1CCCN(c2ncccn2)C1. The average molecular weight is 329 g/mol. The van der Waals surface area contributed by atoms with Crippen LogP contribution in [0.5, 0.6) is 0 Å². The summed E-state index contributed by atoms with van der Waals surface area (Å²) in [6, 6.07) is 2.74. The highest BCUT2D eigenvalue weighted by Crippen LogP contribution is 2.28. The molecule has 24 heavy (non-hydrogen) atoms. The second-order valence-corrected chi connectivity index (χ2v) is 7.34. The van der Waals surface area contributed by atoms with Gasteiger partial charge in [0.2, 0.25) is 11.9 Å². The summed E-state index contributed by atoms with van der Waals surface area (Å²) in [5, 5.41) is 3.37. The molecule has 0 aliphatic carbocycles. The van der Waals surface area contributed by atoms with Gasteiger partial charge >= 0.3 is 0 Å². The molecule has 130 valence electrons. The van der Waals surface area contributed by atoms with Crippen LogP contribution in [0, 0.1) is 5.92 Å². The lowest BCUT2D eigenvalue weighted by atomic mass is 9.95. The minimum atomic E-state index is 0.0557. The van der Waals surface area contributed by atoms with E-state index in [4.69, 9.17) is 0 Å². The van der Waals surface area contributed by atoms with Crippen molar-refractivity contribution in [2.75, 3.05) is 31.1 Å². The molecule has 0 aromatic carbocycles. The van der Waals surface area contributed by atoms with Gasteiger partial charge in [-0.15, -0.1) is 0 Å². The summed E-state index contributed by atoms with van der Waals surface area (Å²) >= 11 is 0. The molecule has 3 fully saturated rings. The third-order valence-electron chi connectivity index (χ3n) is 5.81. The molecule has 4 heterocycles. The highest BCUT2D eigenvalue weighted by atomic mass is 16.2. The van der Waals surface area contributed by atoms with Gasteiger partial charge in [0.15, 0.2) is 0 Å². The van der Waals surface area contributed by atoms with Gasteiger partial charge in [-0.1, -0.05) is 6.42 Å². The maximum Gasteiger partial charge on any atom is 0.225 e. The highest BCUT2D eigenvalue weighted by Gasteiger charge is 2.37. The van der Waals surface area contributed by atoms with Crippen molar-refractivity contribution < 1.29 is 4.79 Å². The highest BCUT2D eigenvalue weighted by molar-refractivity contribution is 5.80. The minimum Gasteiger partial charge on any atom is -0.351 e. The number of piperidine rings is 2. The maximum atomic E-state index is 12.8. The molecular formula is C18H27N5O. The zero-order valence-corrected chi connectivity index (χ0v) is 14.2. The Hall–Kier alpha value is -1.69. The van der Waals surface area contributed by atoms with Gasteiger partial charge in [-0.3, -0.25) is 9.69 Å². The van der Waals surface area contributed by atoms with Crippen LogP contribution in [0.4, 0.5) is 5.95 Å². The largest absolute Gasteiger partial charge is 0.351 e. The van der Waals surface area contributed by atoms with Gasteiger partial charge in [-0.25, -0.2) is 9.97 Å². The van der Waals surface area contributed by atoms with Crippen molar-refractivity contribution in [2.24, 2.45) is 5.92 Å². The van der Waals surface area contributed by atoms with E-state index >= 15 is 0 Å². The quantitative estimate of drug-likeness (QED) is 0.909. The minimum absolute atomic E-state index is 0.0557. The number of fused-ring (bicyclic) bond motifs is 1. The molecule has 0 saturated carbocycles. The van der Waals surface area contributed by atoms with Crippen molar-refractivity contribution in [1.82, 2.24) is 20.2 Å². The maximum absolute atomic E-state index is 12.8. The average Bonchev–Trinajstić information content (AvgIpc) is 3.06. The molecule has 6 nitrogen and oxygen atoms in total. The molecule has 6 heteroatoms. The van der Waals surface area contributed by atoms with Crippen LogP contribution in [0.25, 0.3) is 0 Å². The lowest BCUT2D eigenvalue weighted by molar-refractivity contribution is -0.126. The van der Waals surface area contributed by atoms with Crippen LogP contribution in [-0.4, -0.2) is 59.0 Å². The summed E-state index contributed by atoms with van der Waals surface area (Å²) in [6.45, 7) is 4.02. The zero-order chi connectivity index (χ0) is 16.4. The van der Waals surface area contributed by atoms with E-state index in [-0.39, 0.29) is 11.8 Å². The molecular weight excluding hydrogens is 302 g/mol. The number of nitrogens with zero attached hydrogens (tertiary/aromatic N) is 4. The first-order valence-electron chi connectivity index (χ1n) is 9.37. The summed E-state index contributed by atoms with van der Waals surface area (Å²) in [7, 11) is 0. The fourth-order valence-corrected chi connectivity index (χ4v) is 4.54. The van der Waals surface area contributed by atoms with Crippen LogP contribution in [0.3, 0.4) is 0 Å². The predicted octanol–water partition coefficient (Wildman–Crippen LogP) is 1.44. The first-order chi connectivity index (χ1) is 11.8.